The first-order chi connectivity index (χ1) is 19.9. The fraction of sp³-hybridized carbons (Fsp3) is 0.133. The molecule has 0 aliphatic carbocycles. The van der Waals surface area contributed by atoms with Crippen LogP contribution in [0.25, 0.3) is 11.1 Å². The van der Waals surface area contributed by atoms with Gasteiger partial charge in [0.1, 0.15) is 23.7 Å². The molecule has 11 heteroatoms. The second-order valence-corrected chi connectivity index (χ2v) is 9.13. The molecule has 1 aromatic heterocycles. The number of halogens is 1. The molecule has 0 spiro atoms. The highest BCUT2D eigenvalue weighted by Crippen LogP contribution is 2.31. The van der Waals surface area contributed by atoms with Crippen molar-refractivity contribution < 1.29 is 23.5 Å². The molecule has 0 atom stereocenters. The number of H-pyrrole nitrogens is 1. The molecule has 0 bridgehead atoms. The topological polar surface area (TPSA) is 132 Å². The van der Waals surface area contributed by atoms with Crippen molar-refractivity contribution in [1.82, 2.24) is 4.98 Å². The van der Waals surface area contributed by atoms with E-state index in [-0.39, 0.29) is 24.1 Å². The van der Waals surface area contributed by atoms with Crippen molar-refractivity contribution >= 4 is 35.0 Å². The Kier molecular flexibility index (Phi) is 8.05. The molecule has 3 aromatic carbocycles. The molecule has 2 heterocycles. The Morgan fingerprint density at radius 2 is 1.80 bits per heavy atom. The lowest BCUT2D eigenvalue weighted by molar-refractivity contribution is -0.115. The number of guanidine groups is 1. The van der Waals surface area contributed by atoms with Gasteiger partial charge < -0.3 is 25.1 Å². The quantitative estimate of drug-likeness (QED) is 0.190. The lowest BCUT2D eigenvalue weighted by Crippen LogP contribution is -2.23. The summed E-state index contributed by atoms with van der Waals surface area (Å²) >= 11 is 0. The Hall–Kier alpha value is -5.45. The summed E-state index contributed by atoms with van der Waals surface area (Å²) in [7, 11) is 1.51. The number of hydrogen-bond donors (Lipinski definition) is 4. The van der Waals surface area contributed by atoms with E-state index in [4.69, 9.17) is 14.9 Å². The van der Waals surface area contributed by atoms with E-state index in [1.54, 1.807) is 54.7 Å². The maximum absolute atomic E-state index is 13.1. The Morgan fingerprint density at radius 1 is 1.05 bits per heavy atom. The van der Waals surface area contributed by atoms with Crippen LogP contribution in [0.5, 0.6) is 5.75 Å². The van der Waals surface area contributed by atoms with Gasteiger partial charge >= 0.3 is 6.09 Å². The number of ether oxygens (including phenoxy) is 2. The maximum Gasteiger partial charge on any atom is 0.414 e. The number of rotatable bonds is 7. The number of cyclic esters (lactones) is 1. The molecule has 1 fully saturated rings. The molecule has 1 saturated heterocycles. The number of amides is 2. The Labute approximate surface area is 235 Å². The van der Waals surface area contributed by atoms with E-state index in [2.05, 4.69) is 20.6 Å². The van der Waals surface area contributed by atoms with Crippen LogP contribution in [0.1, 0.15) is 5.56 Å². The van der Waals surface area contributed by atoms with Gasteiger partial charge in [-0.1, -0.05) is 24.3 Å². The fourth-order valence-corrected chi connectivity index (χ4v) is 4.26. The van der Waals surface area contributed by atoms with Crippen LogP contribution in [-0.2, 0) is 16.0 Å². The van der Waals surface area contributed by atoms with Gasteiger partial charge in [0.25, 0.3) is 0 Å². The van der Waals surface area contributed by atoms with E-state index in [1.165, 1.54) is 24.1 Å². The first kappa shape index (κ1) is 27.1. The van der Waals surface area contributed by atoms with Crippen LogP contribution in [0.4, 0.5) is 26.2 Å². The van der Waals surface area contributed by atoms with Crippen molar-refractivity contribution in [2.75, 3.05) is 35.8 Å². The van der Waals surface area contributed by atoms with Crippen molar-refractivity contribution in [3.05, 3.63) is 102 Å². The molecule has 2 amide bonds. The number of nitrogens with one attached hydrogen (secondary N) is 4. The van der Waals surface area contributed by atoms with Gasteiger partial charge in [0.05, 0.1) is 31.5 Å². The maximum atomic E-state index is 13.1. The summed E-state index contributed by atoms with van der Waals surface area (Å²) in [6, 6.07) is 22.0. The van der Waals surface area contributed by atoms with Crippen LogP contribution in [-0.4, -0.2) is 43.2 Å². The second-order valence-electron chi connectivity index (χ2n) is 9.13. The van der Waals surface area contributed by atoms with Crippen molar-refractivity contribution in [2.45, 2.75) is 6.42 Å². The van der Waals surface area contributed by atoms with E-state index < -0.39 is 6.09 Å². The molecule has 208 valence electrons. The van der Waals surface area contributed by atoms with Gasteiger partial charge in [0.15, 0.2) is 0 Å². The van der Waals surface area contributed by atoms with E-state index >= 15 is 0 Å². The summed E-state index contributed by atoms with van der Waals surface area (Å²) in [5, 5.41) is 14.0. The fourth-order valence-electron chi connectivity index (χ4n) is 4.26. The zero-order chi connectivity index (χ0) is 28.8. The number of hydrogen-bond acceptors (Lipinski definition) is 5. The largest absolute Gasteiger partial charge is 0.494 e. The van der Waals surface area contributed by atoms with Crippen LogP contribution in [0.15, 0.2) is 90.1 Å². The summed E-state index contributed by atoms with van der Waals surface area (Å²) in [5.74, 6) is -0.183. The van der Waals surface area contributed by atoms with E-state index in [0.29, 0.717) is 41.5 Å². The molecular weight excluding hydrogens is 527 g/mol. The molecule has 0 unspecified atom stereocenters. The van der Waals surface area contributed by atoms with Crippen LogP contribution >= 0.6 is 0 Å². The molecule has 41 heavy (non-hydrogen) atoms. The normalized spacial score (nSPS) is 13.1. The average Bonchev–Trinajstić information content (AvgIpc) is 3.41. The number of pyridine rings is 1. The van der Waals surface area contributed by atoms with Gasteiger partial charge in [-0.3, -0.25) is 15.1 Å². The zero-order valence-corrected chi connectivity index (χ0v) is 22.1. The first-order valence-electron chi connectivity index (χ1n) is 12.7. The monoisotopic (exact) mass is 554 g/mol. The zero-order valence-electron chi connectivity index (χ0n) is 22.1. The van der Waals surface area contributed by atoms with E-state index in [0.717, 1.165) is 16.7 Å². The van der Waals surface area contributed by atoms with Crippen LogP contribution < -0.4 is 25.8 Å². The molecule has 5 rings (SSSR count). The number of carbonyl (C=O) groups is 2. The van der Waals surface area contributed by atoms with Gasteiger partial charge in [0, 0.05) is 18.0 Å². The number of aromatic nitrogens is 1. The summed E-state index contributed by atoms with van der Waals surface area (Å²) < 4.78 is 23.5. The molecule has 4 aromatic rings. The molecular formula is C30H27FN6O4. The van der Waals surface area contributed by atoms with Gasteiger partial charge in [0.2, 0.25) is 11.9 Å². The average molecular weight is 555 g/mol. The molecule has 10 nitrogen and oxygen atoms in total. The molecule has 1 aliphatic rings. The molecule has 1 aliphatic heterocycles. The minimum Gasteiger partial charge on any atom is -0.494 e. The standard InChI is InChI=1S/C30H27FN6O4/c1-40-26-17-24(37-14-15-41-30(37)39)11-12-25(26)35-29(32)36-27-13-6-21(18-33-27)20-4-9-23(10-5-20)34-28(38)16-19-2-7-22(31)8-3-19/h2-13,17-18H,14-16H2,1H3,(H,34,38)(H3,32,33,35,36). The third-order valence-corrected chi connectivity index (χ3v) is 6.32. The van der Waals surface area contributed by atoms with Crippen molar-refractivity contribution in [1.29, 1.82) is 5.41 Å². The predicted molar refractivity (Wildman–Crippen MR) is 154 cm³/mol. The van der Waals surface area contributed by atoms with Gasteiger partial charge in [-0.15, -0.1) is 0 Å². The van der Waals surface area contributed by atoms with Crippen molar-refractivity contribution in [2.24, 2.45) is 4.99 Å². The third kappa shape index (κ3) is 6.77. The van der Waals surface area contributed by atoms with Crippen LogP contribution in [0.2, 0.25) is 0 Å². The lowest BCUT2D eigenvalue weighted by atomic mass is 10.1. The summed E-state index contributed by atoms with van der Waals surface area (Å²) in [5.41, 5.74) is 4.83. The Balaban J connectivity index is 1.20. The summed E-state index contributed by atoms with van der Waals surface area (Å²) in [6.07, 6.45) is 1.52. The third-order valence-electron chi connectivity index (χ3n) is 6.32. The van der Waals surface area contributed by atoms with E-state index in [1.807, 2.05) is 18.2 Å². The Bertz CT molecular complexity index is 1630. The van der Waals surface area contributed by atoms with Gasteiger partial charge in [-0.25, -0.2) is 9.18 Å². The number of methoxy groups -OCH3 is 1. The lowest BCUT2D eigenvalue weighted by Gasteiger charge is -2.16. The van der Waals surface area contributed by atoms with Gasteiger partial charge in [-0.05, 0) is 65.2 Å². The highest BCUT2D eigenvalue weighted by Gasteiger charge is 2.24. The first-order valence-corrected chi connectivity index (χ1v) is 12.7. The molecule has 0 radical (unpaired) electrons. The minimum absolute atomic E-state index is 0.110. The minimum atomic E-state index is -0.407. The van der Waals surface area contributed by atoms with Crippen molar-refractivity contribution in [3.63, 3.8) is 0 Å². The SMILES string of the molecule is COc1cc(N2CCOC2=O)ccc1NC(=N)/N=c1/ccc(-c2ccc(NC(=O)Cc3ccc(F)cc3)cc2)c[nH]1. The number of nitrogens with zero attached hydrogens (tertiary/aromatic N) is 2. The predicted octanol–water partition coefficient (Wildman–Crippen LogP) is 4.91. The second kappa shape index (κ2) is 12.2. The smallest absolute Gasteiger partial charge is 0.414 e. The Morgan fingerprint density at radius 3 is 2.46 bits per heavy atom. The number of anilines is 3. The highest BCUT2D eigenvalue weighted by molar-refractivity contribution is 5.95. The van der Waals surface area contributed by atoms with Crippen molar-refractivity contribution in [3.8, 4) is 16.9 Å². The molecule has 0 saturated carbocycles. The van der Waals surface area contributed by atoms with Crippen LogP contribution in [0.3, 0.4) is 0 Å². The number of carbonyl (C=O) groups excluding carboxylic acids is 2. The van der Waals surface area contributed by atoms with Gasteiger partial charge in [-0.2, -0.15) is 4.99 Å². The number of benzene rings is 3. The highest BCUT2D eigenvalue weighted by atomic mass is 19.1. The molecule has 4 N–H and O–H groups in total. The van der Waals surface area contributed by atoms with Crippen LogP contribution in [0, 0.1) is 11.2 Å². The number of aromatic amines is 1. The summed E-state index contributed by atoms with van der Waals surface area (Å²) in [4.78, 5) is 33.0. The van der Waals surface area contributed by atoms with E-state index in [9.17, 15) is 14.0 Å². The summed E-state index contributed by atoms with van der Waals surface area (Å²) in [6.45, 7) is 0.800.